The molecule has 0 aromatic rings. The van der Waals surface area contributed by atoms with Gasteiger partial charge in [-0.3, -0.25) is 0 Å². The normalized spacial score (nSPS) is 13.8. The van der Waals surface area contributed by atoms with Gasteiger partial charge in [-0.1, -0.05) is 26.8 Å². The van der Waals surface area contributed by atoms with E-state index in [9.17, 15) is 4.79 Å². The molecule has 0 heterocycles. The Morgan fingerprint density at radius 3 is 2.40 bits per heavy atom. The van der Waals surface area contributed by atoms with Crippen LogP contribution in [0, 0.1) is 5.92 Å². The van der Waals surface area contributed by atoms with Crippen LogP contribution < -0.4 is 0 Å². The van der Waals surface area contributed by atoms with E-state index in [1.54, 1.807) is 6.92 Å². The third-order valence-electron chi connectivity index (χ3n) is 3.01. The van der Waals surface area contributed by atoms with Gasteiger partial charge in [-0.15, -0.1) is 0 Å². The van der Waals surface area contributed by atoms with Gasteiger partial charge in [0.15, 0.2) is 0 Å². The zero-order valence-corrected chi connectivity index (χ0v) is 14.6. The van der Waals surface area contributed by atoms with Crippen molar-refractivity contribution < 1.29 is 18.4 Å². The van der Waals surface area contributed by atoms with E-state index in [2.05, 4.69) is 27.0 Å². The number of carbonyl (C=O) groups excluding carboxylic acids is 1. The molecule has 0 aliphatic carbocycles. The second-order valence-corrected chi connectivity index (χ2v) is 7.06. The lowest BCUT2D eigenvalue weighted by atomic mass is 10.1. The summed E-state index contributed by atoms with van der Waals surface area (Å²) in [6, 6.07) is 0. The molecule has 4 nitrogen and oxygen atoms in total. The number of ether oxygens (including phenoxy) is 1. The van der Waals surface area contributed by atoms with Crippen molar-refractivity contribution in [2.45, 2.75) is 53.0 Å². The minimum Gasteiger partial charge on any atom is -0.462 e. The fourth-order valence-electron chi connectivity index (χ4n) is 1.50. The highest BCUT2D eigenvalue weighted by molar-refractivity contribution is 6.42. The summed E-state index contributed by atoms with van der Waals surface area (Å²) >= 11 is 0. The molecule has 118 valence electrons. The van der Waals surface area contributed by atoms with Crippen molar-refractivity contribution in [3.05, 3.63) is 12.2 Å². The Labute approximate surface area is 125 Å². The van der Waals surface area contributed by atoms with E-state index in [-0.39, 0.29) is 5.97 Å². The topological polar surface area (TPSA) is 44.8 Å². The largest absolute Gasteiger partial charge is 0.462 e. The molecule has 0 saturated carbocycles. The summed E-state index contributed by atoms with van der Waals surface area (Å²) in [6.45, 7) is 13.6. The summed E-state index contributed by atoms with van der Waals surface area (Å²) in [7, 11) is -1.45. The van der Waals surface area contributed by atoms with E-state index < -0.39 is 9.28 Å². The molecule has 0 bridgehead atoms. The molecule has 0 fully saturated rings. The van der Waals surface area contributed by atoms with Gasteiger partial charge in [0.2, 0.25) is 0 Å². The number of unbranched alkanes of at least 4 members (excludes halogenated alkanes) is 1. The molecule has 5 heteroatoms. The first-order valence-electron chi connectivity index (χ1n) is 7.53. The summed E-state index contributed by atoms with van der Waals surface area (Å²) in [5.74, 6) is 0.170. The van der Waals surface area contributed by atoms with Gasteiger partial charge in [0.1, 0.15) is 0 Å². The maximum Gasteiger partial charge on any atom is 0.333 e. The van der Waals surface area contributed by atoms with Crippen LogP contribution in [0.15, 0.2) is 12.2 Å². The third-order valence-corrected chi connectivity index (χ3v) is 4.42. The van der Waals surface area contributed by atoms with Crippen LogP contribution >= 0.6 is 0 Å². The summed E-state index contributed by atoms with van der Waals surface area (Å²) < 4.78 is 16.4. The van der Waals surface area contributed by atoms with Crippen molar-refractivity contribution in [2.75, 3.05) is 19.8 Å². The Balaban J connectivity index is 3.51. The standard InChI is InChI=1S/C15H30O4Si/c1-6-7-10-18-20(5)19-12-9-14(4)8-11-17-15(16)13(2)3/h14,20H,2,6-12H2,1,3-5H3. The molecular weight excluding hydrogens is 272 g/mol. The number of carbonyl (C=O) groups is 1. The molecule has 0 N–H and O–H groups in total. The Kier molecular flexibility index (Phi) is 11.7. The van der Waals surface area contributed by atoms with Crippen LogP contribution in [0.2, 0.25) is 6.55 Å². The van der Waals surface area contributed by atoms with Gasteiger partial charge in [0.05, 0.1) is 6.61 Å². The van der Waals surface area contributed by atoms with Crippen molar-refractivity contribution in [2.24, 2.45) is 5.92 Å². The lowest BCUT2D eigenvalue weighted by molar-refractivity contribution is -0.139. The molecule has 0 radical (unpaired) electrons. The van der Waals surface area contributed by atoms with Crippen molar-refractivity contribution >= 4 is 15.3 Å². The van der Waals surface area contributed by atoms with Crippen LogP contribution in [0.1, 0.15) is 46.5 Å². The first-order chi connectivity index (χ1) is 9.47. The van der Waals surface area contributed by atoms with Crippen molar-refractivity contribution in [1.82, 2.24) is 0 Å². The van der Waals surface area contributed by atoms with Gasteiger partial charge in [-0.05, 0) is 38.7 Å². The van der Waals surface area contributed by atoms with Gasteiger partial charge in [-0.2, -0.15) is 0 Å². The van der Waals surface area contributed by atoms with E-state index in [4.69, 9.17) is 13.6 Å². The van der Waals surface area contributed by atoms with Gasteiger partial charge >= 0.3 is 15.3 Å². The molecule has 0 amide bonds. The second-order valence-electron chi connectivity index (χ2n) is 5.26. The van der Waals surface area contributed by atoms with Gasteiger partial charge in [-0.25, -0.2) is 4.79 Å². The SMILES string of the molecule is C=C(C)C(=O)OCCC(C)CCO[SiH](C)OCCCC. The van der Waals surface area contributed by atoms with Crippen LogP contribution in [0.3, 0.4) is 0 Å². The number of hydrogen-bond acceptors (Lipinski definition) is 4. The first-order valence-corrected chi connectivity index (χ1v) is 9.63. The Bertz CT molecular complexity index is 281. The van der Waals surface area contributed by atoms with E-state index >= 15 is 0 Å². The molecule has 0 saturated heterocycles. The Hall–Kier alpha value is -0.653. The maximum atomic E-state index is 11.2. The van der Waals surface area contributed by atoms with Crippen LogP contribution in [-0.2, 0) is 18.4 Å². The maximum absolute atomic E-state index is 11.2. The van der Waals surface area contributed by atoms with Crippen LogP contribution in [0.4, 0.5) is 0 Å². The molecule has 0 spiro atoms. The quantitative estimate of drug-likeness (QED) is 0.240. The number of hydrogen-bond donors (Lipinski definition) is 0. The van der Waals surface area contributed by atoms with Crippen LogP contribution in [-0.4, -0.2) is 35.1 Å². The monoisotopic (exact) mass is 302 g/mol. The van der Waals surface area contributed by atoms with E-state index in [1.165, 1.54) is 0 Å². The fourth-order valence-corrected chi connectivity index (χ4v) is 2.56. The molecule has 0 aromatic carbocycles. The summed E-state index contributed by atoms with van der Waals surface area (Å²) in [5.41, 5.74) is 0.449. The van der Waals surface area contributed by atoms with Gasteiger partial charge in [0, 0.05) is 18.8 Å². The van der Waals surface area contributed by atoms with E-state index in [1.807, 2.05) is 0 Å². The molecule has 0 aliphatic rings. The predicted molar refractivity (Wildman–Crippen MR) is 84.0 cm³/mol. The van der Waals surface area contributed by atoms with E-state index in [0.29, 0.717) is 18.1 Å². The summed E-state index contributed by atoms with van der Waals surface area (Å²) in [6.07, 6.45) is 4.08. The Morgan fingerprint density at radius 1 is 1.20 bits per heavy atom. The third kappa shape index (κ3) is 11.2. The number of rotatable bonds is 12. The van der Waals surface area contributed by atoms with Crippen molar-refractivity contribution in [1.29, 1.82) is 0 Å². The fraction of sp³-hybridized carbons (Fsp3) is 0.800. The lowest BCUT2D eigenvalue weighted by Crippen LogP contribution is -2.21. The first kappa shape index (κ1) is 19.3. The predicted octanol–water partition coefficient (Wildman–Crippen LogP) is 3.21. The zero-order valence-electron chi connectivity index (χ0n) is 13.4. The molecule has 2 unspecified atom stereocenters. The smallest absolute Gasteiger partial charge is 0.333 e. The minimum absolute atomic E-state index is 0.307. The van der Waals surface area contributed by atoms with Crippen LogP contribution in [0.5, 0.6) is 0 Å². The van der Waals surface area contributed by atoms with E-state index in [0.717, 1.165) is 38.9 Å². The summed E-state index contributed by atoms with van der Waals surface area (Å²) in [5, 5.41) is 0. The van der Waals surface area contributed by atoms with Crippen molar-refractivity contribution in [3.8, 4) is 0 Å². The minimum atomic E-state index is -1.45. The molecule has 0 aliphatic heterocycles. The highest BCUT2D eigenvalue weighted by Crippen LogP contribution is 2.09. The zero-order chi connectivity index (χ0) is 15.4. The van der Waals surface area contributed by atoms with Crippen molar-refractivity contribution in [3.63, 3.8) is 0 Å². The average molecular weight is 302 g/mol. The summed E-state index contributed by atoms with van der Waals surface area (Å²) in [4.78, 5) is 11.2. The molecule has 20 heavy (non-hydrogen) atoms. The van der Waals surface area contributed by atoms with Crippen LogP contribution in [0.25, 0.3) is 0 Å². The highest BCUT2D eigenvalue weighted by atomic mass is 28.3. The second kappa shape index (κ2) is 12.1. The number of esters is 1. The molecule has 2 atom stereocenters. The van der Waals surface area contributed by atoms with Gasteiger partial charge < -0.3 is 13.6 Å². The molecule has 0 rings (SSSR count). The molecule has 0 aromatic heterocycles. The lowest BCUT2D eigenvalue weighted by Gasteiger charge is -2.15. The highest BCUT2D eigenvalue weighted by Gasteiger charge is 2.09. The Morgan fingerprint density at radius 2 is 1.80 bits per heavy atom. The molecular formula is C15H30O4Si. The van der Waals surface area contributed by atoms with Gasteiger partial charge in [0.25, 0.3) is 0 Å². The average Bonchev–Trinajstić information content (AvgIpc) is 2.38.